The largest absolute Gasteiger partial charge is 0.389 e. The van der Waals surface area contributed by atoms with Gasteiger partial charge in [-0.05, 0) is 48.0 Å². The molecule has 0 spiro atoms. The summed E-state index contributed by atoms with van der Waals surface area (Å²) in [7, 11) is 1.95. The van der Waals surface area contributed by atoms with E-state index in [0.717, 1.165) is 35.1 Å². The van der Waals surface area contributed by atoms with Gasteiger partial charge in [-0.2, -0.15) is 5.10 Å². The second-order valence-electron chi connectivity index (χ2n) is 4.99. The molecule has 0 radical (unpaired) electrons. The van der Waals surface area contributed by atoms with Crippen molar-refractivity contribution in [3.63, 3.8) is 0 Å². The van der Waals surface area contributed by atoms with Gasteiger partial charge < -0.3 is 5.11 Å². The highest BCUT2D eigenvalue weighted by Crippen LogP contribution is 2.42. The molecular formula is C12H19BrN2O. The van der Waals surface area contributed by atoms with Crippen LogP contribution in [-0.2, 0) is 19.9 Å². The summed E-state index contributed by atoms with van der Waals surface area (Å²) in [5.41, 5.74) is 1.60. The van der Waals surface area contributed by atoms with Crippen molar-refractivity contribution in [2.75, 3.05) is 0 Å². The molecule has 0 amide bonds. The maximum absolute atomic E-state index is 10.4. The van der Waals surface area contributed by atoms with Crippen LogP contribution in [0.15, 0.2) is 4.47 Å². The summed E-state index contributed by atoms with van der Waals surface area (Å²) in [6, 6.07) is 0. The molecule has 1 N–H and O–H groups in total. The van der Waals surface area contributed by atoms with Crippen LogP contribution < -0.4 is 0 Å². The van der Waals surface area contributed by atoms with E-state index in [-0.39, 0.29) is 0 Å². The first-order valence-corrected chi connectivity index (χ1v) is 6.67. The molecule has 16 heavy (non-hydrogen) atoms. The lowest BCUT2D eigenvalue weighted by Crippen LogP contribution is -2.30. The Morgan fingerprint density at radius 1 is 1.56 bits per heavy atom. The highest BCUT2D eigenvalue weighted by atomic mass is 79.9. The Balaban J connectivity index is 2.23. The average Bonchev–Trinajstić information content (AvgIpc) is 3.01. The Morgan fingerprint density at radius 3 is 2.62 bits per heavy atom. The maximum Gasteiger partial charge on any atom is 0.0766 e. The summed E-state index contributed by atoms with van der Waals surface area (Å²) in [6.45, 7) is 4.03. The van der Waals surface area contributed by atoms with Crippen LogP contribution in [0.1, 0.15) is 38.1 Å². The van der Waals surface area contributed by atoms with Crippen LogP contribution in [0.3, 0.4) is 0 Å². The SMILES string of the molecule is CCc1nn(C)c(CC(C)(O)C2CC2)c1Br. The van der Waals surface area contributed by atoms with Crippen LogP contribution in [0, 0.1) is 5.92 Å². The fourth-order valence-electron chi connectivity index (χ4n) is 2.20. The van der Waals surface area contributed by atoms with Crippen LogP contribution in [0.25, 0.3) is 0 Å². The molecule has 0 aromatic carbocycles. The van der Waals surface area contributed by atoms with Gasteiger partial charge >= 0.3 is 0 Å². The lowest BCUT2D eigenvalue weighted by atomic mass is 9.94. The molecule has 1 aromatic heterocycles. The summed E-state index contributed by atoms with van der Waals surface area (Å²) >= 11 is 3.59. The summed E-state index contributed by atoms with van der Waals surface area (Å²) in [5.74, 6) is 0.472. The number of hydrogen-bond acceptors (Lipinski definition) is 2. The van der Waals surface area contributed by atoms with E-state index in [4.69, 9.17) is 0 Å². The Morgan fingerprint density at radius 2 is 2.19 bits per heavy atom. The Hall–Kier alpha value is -0.350. The number of halogens is 1. The molecule has 1 saturated carbocycles. The minimum Gasteiger partial charge on any atom is -0.389 e. The lowest BCUT2D eigenvalue weighted by molar-refractivity contribution is 0.0352. The van der Waals surface area contributed by atoms with Gasteiger partial charge in [-0.3, -0.25) is 4.68 Å². The summed E-state index contributed by atoms with van der Waals surface area (Å²) in [4.78, 5) is 0. The summed E-state index contributed by atoms with van der Waals surface area (Å²) in [6.07, 6.45) is 3.91. The molecular weight excluding hydrogens is 268 g/mol. The van der Waals surface area contributed by atoms with Gasteiger partial charge in [-0.1, -0.05) is 6.92 Å². The molecule has 90 valence electrons. The predicted molar refractivity (Wildman–Crippen MR) is 67.3 cm³/mol. The van der Waals surface area contributed by atoms with Crippen molar-refractivity contribution in [2.45, 2.75) is 45.1 Å². The molecule has 1 aliphatic carbocycles. The van der Waals surface area contributed by atoms with Gasteiger partial charge in [-0.25, -0.2) is 0 Å². The van der Waals surface area contributed by atoms with Crippen molar-refractivity contribution in [3.8, 4) is 0 Å². The predicted octanol–water partition coefficient (Wildman–Crippen LogP) is 2.45. The highest BCUT2D eigenvalue weighted by molar-refractivity contribution is 9.10. The number of aliphatic hydroxyl groups is 1. The van der Waals surface area contributed by atoms with Crippen LogP contribution in [-0.4, -0.2) is 20.5 Å². The number of hydrogen-bond donors (Lipinski definition) is 1. The Labute approximate surface area is 105 Å². The molecule has 1 atom stereocenters. The van der Waals surface area contributed by atoms with Gasteiger partial charge in [-0.15, -0.1) is 0 Å². The standard InChI is InChI=1S/C12H19BrN2O/c1-4-9-11(13)10(15(3)14-9)7-12(2,16)8-5-6-8/h8,16H,4-7H2,1-3H3. The Kier molecular flexibility index (Phi) is 3.14. The van der Waals surface area contributed by atoms with Gasteiger partial charge in [0.1, 0.15) is 0 Å². The second-order valence-corrected chi connectivity index (χ2v) is 5.79. The second kappa shape index (κ2) is 4.15. The molecule has 0 aliphatic heterocycles. The lowest BCUT2D eigenvalue weighted by Gasteiger charge is -2.23. The van der Waals surface area contributed by atoms with E-state index in [1.807, 2.05) is 18.7 Å². The molecule has 1 unspecified atom stereocenters. The third kappa shape index (κ3) is 2.18. The van der Waals surface area contributed by atoms with Crippen LogP contribution in [0.4, 0.5) is 0 Å². The number of nitrogens with zero attached hydrogens (tertiary/aromatic N) is 2. The molecule has 1 fully saturated rings. The quantitative estimate of drug-likeness (QED) is 0.923. The first-order chi connectivity index (χ1) is 7.45. The van der Waals surface area contributed by atoms with Crippen molar-refractivity contribution < 1.29 is 5.11 Å². The zero-order chi connectivity index (χ0) is 11.9. The summed E-state index contributed by atoms with van der Waals surface area (Å²) < 4.78 is 2.96. The van der Waals surface area contributed by atoms with Crippen molar-refractivity contribution in [3.05, 3.63) is 15.9 Å². The molecule has 0 bridgehead atoms. The van der Waals surface area contributed by atoms with Crippen LogP contribution in [0.2, 0.25) is 0 Å². The zero-order valence-electron chi connectivity index (χ0n) is 10.1. The third-order valence-corrected chi connectivity index (χ3v) is 4.40. The number of aryl methyl sites for hydroxylation is 2. The molecule has 2 rings (SSSR count). The van der Waals surface area contributed by atoms with E-state index < -0.39 is 5.60 Å². The van der Waals surface area contributed by atoms with Crippen LogP contribution in [0.5, 0.6) is 0 Å². The van der Waals surface area contributed by atoms with Crippen molar-refractivity contribution in [2.24, 2.45) is 13.0 Å². The van der Waals surface area contributed by atoms with E-state index >= 15 is 0 Å². The normalized spacial score (nSPS) is 19.8. The number of aromatic nitrogens is 2. The van der Waals surface area contributed by atoms with Gasteiger partial charge in [0.05, 0.1) is 21.5 Å². The van der Waals surface area contributed by atoms with E-state index in [9.17, 15) is 5.11 Å². The fraction of sp³-hybridized carbons (Fsp3) is 0.750. The van der Waals surface area contributed by atoms with E-state index in [1.54, 1.807) is 0 Å². The smallest absolute Gasteiger partial charge is 0.0766 e. The zero-order valence-corrected chi connectivity index (χ0v) is 11.7. The van der Waals surface area contributed by atoms with Gasteiger partial charge in [0.2, 0.25) is 0 Å². The van der Waals surface area contributed by atoms with Crippen molar-refractivity contribution >= 4 is 15.9 Å². The molecule has 0 saturated heterocycles. The fourth-order valence-corrected chi connectivity index (χ4v) is 2.96. The maximum atomic E-state index is 10.4. The van der Waals surface area contributed by atoms with E-state index in [2.05, 4.69) is 28.0 Å². The van der Waals surface area contributed by atoms with Gasteiger partial charge in [0.25, 0.3) is 0 Å². The topological polar surface area (TPSA) is 38.0 Å². The third-order valence-electron chi connectivity index (χ3n) is 3.49. The minimum atomic E-state index is -0.582. The molecule has 1 aliphatic rings. The van der Waals surface area contributed by atoms with Crippen molar-refractivity contribution in [1.82, 2.24) is 9.78 Å². The summed E-state index contributed by atoms with van der Waals surface area (Å²) in [5, 5.41) is 14.8. The molecule has 4 heteroatoms. The number of rotatable bonds is 4. The minimum absolute atomic E-state index is 0.472. The molecule has 1 heterocycles. The molecule has 3 nitrogen and oxygen atoms in total. The average molecular weight is 287 g/mol. The first kappa shape index (κ1) is 12.1. The monoisotopic (exact) mass is 286 g/mol. The highest BCUT2D eigenvalue weighted by Gasteiger charge is 2.40. The molecule has 1 aromatic rings. The van der Waals surface area contributed by atoms with Gasteiger partial charge in [0.15, 0.2) is 0 Å². The van der Waals surface area contributed by atoms with Crippen LogP contribution >= 0.6 is 15.9 Å². The van der Waals surface area contributed by atoms with Crippen molar-refractivity contribution in [1.29, 1.82) is 0 Å². The van der Waals surface area contributed by atoms with Gasteiger partial charge in [0, 0.05) is 13.5 Å². The van der Waals surface area contributed by atoms with E-state index in [0.29, 0.717) is 12.3 Å². The van der Waals surface area contributed by atoms with E-state index in [1.165, 1.54) is 0 Å². The Bertz CT molecular complexity index is 394. The first-order valence-electron chi connectivity index (χ1n) is 5.88.